The average molecular weight is 248 g/mol. The second kappa shape index (κ2) is 6.67. The van der Waals surface area contributed by atoms with Crippen molar-refractivity contribution in [3.05, 3.63) is 23.8 Å². The van der Waals surface area contributed by atoms with Crippen molar-refractivity contribution in [3.63, 3.8) is 0 Å². The maximum Gasteiger partial charge on any atom is 0.0576 e. The van der Waals surface area contributed by atoms with Crippen molar-refractivity contribution in [3.8, 4) is 0 Å². The number of hydrogen-bond donors (Lipinski definition) is 2. The number of nitrogens with two attached hydrogens (primary N) is 1. The molecule has 0 aliphatic carbocycles. The van der Waals surface area contributed by atoms with E-state index >= 15 is 0 Å². The molecule has 0 aliphatic heterocycles. The van der Waals surface area contributed by atoms with E-state index in [1.807, 2.05) is 12.1 Å². The Morgan fingerprint density at radius 1 is 1.22 bits per heavy atom. The highest BCUT2D eigenvalue weighted by Crippen LogP contribution is 2.26. The third kappa shape index (κ3) is 4.99. The molecule has 2 nitrogen and oxygen atoms in total. The van der Waals surface area contributed by atoms with Crippen molar-refractivity contribution in [2.75, 3.05) is 17.6 Å². The third-order valence-electron chi connectivity index (χ3n) is 3.42. The van der Waals surface area contributed by atoms with E-state index in [4.69, 9.17) is 5.73 Å². The quantitative estimate of drug-likeness (QED) is 0.547. The Kier molecular flexibility index (Phi) is 5.52. The molecule has 0 aromatic heterocycles. The van der Waals surface area contributed by atoms with Gasteiger partial charge in [-0.3, -0.25) is 0 Å². The largest absolute Gasteiger partial charge is 0.397 e. The number of anilines is 2. The molecular weight excluding hydrogens is 220 g/mol. The van der Waals surface area contributed by atoms with Crippen LogP contribution in [0.4, 0.5) is 11.4 Å². The molecule has 0 heterocycles. The maximum absolute atomic E-state index is 5.98. The molecule has 3 N–H and O–H groups in total. The summed E-state index contributed by atoms with van der Waals surface area (Å²) in [6, 6.07) is 6.14. The molecule has 1 aromatic carbocycles. The number of aryl methyl sites for hydroxylation is 1. The minimum absolute atomic E-state index is 0.325. The van der Waals surface area contributed by atoms with Crippen molar-refractivity contribution in [2.45, 2.75) is 53.4 Å². The number of benzene rings is 1. The van der Waals surface area contributed by atoms with Crippen LogP contribution >= 0.6 is 0 Å². The lowest BCUT2D eigenvalue weighted by molar-refractivity contribution is 0.342. The highest BCUT2D eigenvalue weighted by molar-refractivity contribution is 5.66. The highest BCUT2D eigenvalue weighted by atomic mass is 14.9. The summed E-state index contributed by atoms with van der Waals surface area (Å²) in [5, 5.41) is 3.50. The molecule has 102 valence electrons. The predicted molar refractivity (Wildman–Crippen MR) is 82.0 cm³/mol. The first-order valence-electron chi connectivity index (χ1n) is 7.04. The zero-order chi connectivity index (χ0) is 13.6. The molecule has 0 aliphatic rings. The van der Waals surface area contributed by atoms with Crippen LogP contribution in [0.2, 0.25) is 0 Å². The van der Waals surface area contributed by atoms with E-state index in [0.717, 1.165) is 17.9 Å². The summed E-state index contributed by atoms with van der Waals surface area (Å²) in [4.78, 5) is 0. The van der Waals surface area contributed by atoms with Crippen molar-refractivity contribution in [1.29, 1.82) is 0 Å². The molecule has 0 amide bonds. The molecule has 0 radical (unpaired) electrons. The number of nitrogen functional groups attached to an aromatic ring is 1. The van der Waals surface area contributed by atoms with E-state index in [1.165, 1.54) is 31.2 Å². The topological polar surface area (TPSA) is 38.0 Å². The standard InChI is InChI=1S/C16H28N2/c1-5-6-7-10-16(3,4)12-18-15-11-13(2)8-9-14(15)17/h8-9,11,18H,5-7,10,12,17H2,1-4H3. The van der Waals surface area contributed by atoms with Crippen LogP contribution in [-0.4, -0.2) is 6.54 Å². The minimum atomic E-state index is 0.325. The third-order valence-corrected chi connectivity index (χ3v) is 3.42. The molecule has 0 bridgehead atoms. The van der Waals surface area contributed by atoms with E-state index in [2.05, 4.69) is 39.1 Å². The fraction of sp³-hybridized carbons (Fsp3) is 0.625. The van der Waals surface area contributed by atoms with Gasteiger partial charge in [0.15, 0.2) is 0 Å². The second-order valence-electron chi connectivity index (χ2n) is 6.07. The summed E-state index contributed by atoms with van der Waals surface area (Å²) in [5.41, 5.74) is 9.45. The van der Waals surface area contributed by atoms with Crippen molar-refractivity contribution < 1.29 is 0 Å². The first-order valence-corrected chi connectivity index (χ1v) is 7.04. The molecule has 0 spiro atoms. The van der Waals surface area contributed by atoms with Gasteiger partial charge < -0.3 is 11.1 Å². The number of nitrogens with one attached hydrogen (secondary N) is 1. The van der Waals surface area contributed by atoms with E-state index < -0.39 is 0 Å². The summed E-state index contributed by atoms with van der Waals surface area (Å²) >= 11 is 0. The van der Waals surface area contributed by atoms with Gasteiger partial charge in [-0.25, -0.2) is 0 Å². The van der Waals surface area contributed by atoms with Crippen molar-refractivity contribution in [2.24, 2.45) is 5.41 Å². The second-order valence-corrected chi connectivity index (χ2v) is 6.07. The number of hydrogen-bond acceptors (Lipinski definition) is 2. The number of unbranched alkanes of at least 4 members (excludes halogenated alkanes) is 2. The summed E-state index contributed by atoms with van der Waals surface area (Å²) in [6.07, 6.45) is 5.19. The molecule has 1 aromatic rings. The molecule has 18 heavy (non-hydrogen) atoms. The molecule has 1 rings (SSSR count). The van der Waals surface area contributed by atoms with Gasteiger partial charge in [0.25, 0.3) is 0 Å². The van der Waals surface area contributed by atoms with E-state index in [1.54, 1.807) is 0 Å². The van der Waals surface area contributed by atoms with Crippen LogP contribution in [0, 0.1) is 12.3 Å². The fourth-order valence-electron chi connectivity index (χ4n) is 2.10. The minimum Gasteiger partial charge on any atom is -0.397 e. The lowest BCUT2D eigenvalue weighted by atomic mass is 9.87. The van der Waals surface area contributed by atoms with Gasteiger partial charge in [-0.1, -0.05) is 46.1 Å². The number of rotatable bonds is 7. The van der Waals surface area contributed by atoms with Crippen LogP contribution in [0.25, 0.3) is 0 Å². The van der Waals surface area contributed by atoms with Crippen LogP contribution in [0.1, 0.15) is 52.0 Å². The van der Waals surface area contributed by atoms with Gasteiger partial charge in [0.05, 0.1) is 11.4 Å². The SMILES string of the molecule is CCCCCC(C)(C)CNc1cc(C)ccc1N. The molecular formula is C16H28N2. The first kappa shape index (κ1) is 14.9. The summed E-state index contributed by atoms with van der Waals surface area (Å²) in [7, 11) is 0. The van der Waals surface area contributed by atoms with Gasteiger partial charge >= 0.3 is 0 Å². The summed E-state index contributed by atoms with van der Waals surface area (Å²) in [6.45, 7) is 9.96. The van der Waals surface area contributed by atoms with Crippen LogP contribution in [0.5, 0.6) is 0 Å². The summed E-state index contributed by atoms with van der Waals surface area (Å²) in [5.74, 6) is 0. The van der Waals surface area contributed by atoms with Gasteiger partial charge in [-0.2, -0.15) is 0 Å². The smallest absolute Gasteiger partial charge is 0.0576 e. The highest BCUT2D eigenvalue weighted by Gasteiger charge is 2.17. The van der Waals surface area contributed by atoms with Crippen molar-refractivity contribution in [1.82, 2.24) is 0 Å². The predicted octanol–water partition coefficient (Wildman–Crippen LogP) is 4.60. The van der Waals surface area contributed by atoms with Crippen LogP contribution in [0.15, 0.2) is 18.2 Å². The monoisotopic (exact) mass is 248 g/mol. The fourth-order valence-corrected chi connectivity index (χ4v) is 2.10. The average Bonchev–Trinajstić information content (AvgIpc) is 2.31. The Labute approximate surface area is 112 Å². The van der Waals surface area contributed by atoms with Gasteiger partial charge in [-0.05, 0) is 36.5 Å². The van der Waals surface area contributed by atoms with Crippen LogP contribution < -0.4 is 11.1 Å². The van der Waals surface area contributed by atoms with E-state index in [-0.39, 0.29) is 0 Å². The van der Waals surface area contributed by atoms with Gasteiger partial charge in [0, 0.05) is 6.54 Å². The Balaban J connectivity index is 2.50. The van der Waals surface area contributed by atoms with Gasteiger partial charge in [-0.15, -0.1) is 0 Å². The van der Waals surface area contributed by atoms with Gasteiger partial charge in [0.1, 0.15) is 0 Å². The van der Waals surface area contributed by atoms with E-state index in [9.17, 15) is 0 Å². The van der Waals surface area contributed by atoms with Crippen LogP contribution in [0.3, 0.4) is 0 Å². The lowest BCUT2D eigenvalue weighted by Gasteiger charge is -2.26. The zero-order valence-corrected chi connectivity index (χ0v) is 12.3. The Bertz CT molecular complexity index is 369. The first-order chi connectivity index (χ1) is 8.44. The van der Waals surface area contributed by atoms with Crippen LogP contribution in [-0.2, 0) is 0 Å². The molecule has 0 unspecified atom stereocenters. The maximum atomic E-state index is 5.98. The molecule has 0 saturated carbocycles. The van der Waals surface area contributed by atoms with Gasteiger partial charge in [0.2, 0.25) is 0 Å². The molecule has 0 fully saturated rings. The van der Waals surface area contributed by atoms with Crippen molar-refractivity contribution >= 4 is 11.4 Å². The normalized spacial score (nSPS) is 11.6. The molecule has 0 atom stereocenters. The Morgan fingerprint density at radius 3 is 2.61 bits per heavy atom. The summed E-state index contributed by atoms with van der Waals surface area (Å²) < 4.78 is 0. The lowest BCUT2D eigenvalue weighted by Crippen LogP contribution is -2.23. The Hall–Kier alpha value is -1.18. The molecule has 0 saturated heterocycles. The van der Waals surface area contributed by atoms with E-state index in [0.29, 0.717) is 5.41 Å². The Morgan fingerprint density at radius 2 is 1.94 bits per heavy atom. The molecule has 2 heteroatoms. The zero-order valence-electron chi connectivity index (χ0n) is 12.3.